The maximum Gasteiger partial charge on any atom is 0.312 e. The van der Waals surface area contributed by atoms with Gasteiger partial charge in [0.05, 0.1) is 0 Å². The highest BCUT2D eigenvalue weighted by atomic mass is 16.2. The number of carbonyl (C=O) groups excluding carboxylic acids is 1. The summed E-state index contributed by atoms with van der Waals surface area (Å²) in [5.74, 6) is 0. The van der Waals surface area contributed by atoms with Gasteiger partial charge in [0.25, 0.3) is 0 Å². The van der Waals surface area contributed by atoms with Crippen molar-refractivity contribution >= 4 is 6.03 Å². The molecule has 0 aliphatic heterocycles. The van der Waals surface area contributed by atoms with E-state index in [9.17, 15) is 4.79 Å². The van der Waals surface area contributed by atoms with Gasteiger partial charge in [0.1, 0.15) is 0 Å². The minimum absolute atomic E-state index is 0.478. The van der Waals surface area contributed by atoms with E-state index >= 15 is 0 Å². The van der Waals surface area contributed by atoms with Crippen molar-refractivity contribution < 1.29 is 4.79 Å². The lowest BCUT2D eigenvalue weighted by Gasteiger charge is -2.11. The van der Waals surface area contributed by atoms with Crippen molar-refractivity contribution in [2.75, 3.05) is 13.1 Å². The Balaban J connectivity index is 2.41. The first-order chi connectivity index (χ1) is 8.00. The Bertz CT molecular complexity index is 402. The van der Waals surface area contributed by atoms with E-state index in [2.05, 4.69) is 43.5 Å². The molecule has 0 aromatic heterocycles. The second-order valence-electron chi connectivity index (χ2n) is 4.33. The molecule has 1 aromatic rings. The molecule has 4 heteroatoms. The first kappa shape index (κ1) is 13.5. The third-order valence-electron chi connectivity index (χ3n) is 2.87. The third-order valence-corrected chi connectivity index (χ3v) is 2.87. The van der Waals surface area contributed by atoms with E-state index in [0.29, 0.717) is 6.54 Å². The monoisotopic (exact) mass is 235 g/mol. The smallest absolute Gasteiger partial charge is 0.312 e. The van der Waals surface area contributed by atoms with Gasteiger partial charge >= 0.3 is 6.03 Å². The topological polar surface area (TPSA) is 67.2 Å². The summed E-state index contributed by atoms with van der Waals surface area (Å²) in [4.78, 5) is 10.5. The van der Waals surface area contributed by atoms with E-state index in [1.807, 2.05) is 0 Å². The number of hydrogen-bond donors (Lipinski definition) is 3. The van der Waals surface area contributed by atoms with Crippen LogP contribution in [0.5, 0.6) is 0 Å². The number of benzene rings is 1. The fourth-order valence-corrected chi connectivity index (χ4v) is 1.71. The van der Waals surface area contributed by atoms with E-state index in [0.717, 1.165) is 13.1 Å². The third kappa shape index (κ3) is 4.44. The molecule has 0 saturated carbocycles. The molecular formula is C13H21N3O. The summed E-state index contributed by atoms with van der Waals surface area (Å²) < 4.78 is 0. The Morgan fingerprint density at radius 2 is 1.76 bits per heavy atom. The molecule has 0 saturated heterocycles. The van der Waals surface area contributed by atoms with E-state index in [1.165, 1.54) is 22.3 Å². The van der Waals surface area contributed by atoms with Crippen molar-refractivity contribution in [2.45, 2.75) is 27.3 Å². The number of aryl methyl sites for hydroxylation is 3. The van der Waals surface area contributed by atoms with Gasteiger partial charge in [0.15, 0.2) is 0 Å². The van der Waals surface area contributed by atoms with Crippen LogP contribution in [0.4, 0.5) is 4.79 Å². The summed E-state index contributed by atoms with van der Waals surface area (Å²) in [7, 11) is 0. The van der Waals surface area contributed by atoms with Crippen LogP contribution in [0.15, 0.2) is 12.1 Å². The zero-order valence-corrected chi connectivity index (χ0v) is 10.8. The number of rotatable bonds is 5. The minimum atomic E-state index is -0.478. The lowest BCUT2D eigenvalue weighted by atomic mass is 10.0. The molecule has 0 atom stereocenters. The van der Waals surface area contributed by atoms with Crippen LogP contribution in [0.25, 0.3) is 0 Å². The predicted molar refractivity (Wildman–Crippen MR) is 69.9 cm³/mol. The molecule has 0 bridgehead atoms. The summed E-state index contributed by atoms with van der Waals surface area (Å²) in [6.07, 6.45) is 0. The molecule has 0 aliphatic carbocycles. The molecule has 0 unspecified atom stereocenters. The van der Waals surface area contributed by atoms with Gasteiger partial charge in [-0.15, -0.1) is 0 Å². The van der Waals surface area contributed by atoms with Crippen LogP contribution in [0.3, 0.4) is 0 Å². The second-order valence-corrected chi connectivity index (χ2v) is 4.33. The number of urea groups is 1. The highest BCUT2D eigenvalue weighted by Crippen LogP contribution is 2.14. The number of amides is 2. The maximum absolute atomic E-state index is 10.5. The number of primary amides is 1. The first-order valence-corrected chi connectivity index (χ1v) is 5.81. The summed E-state index contributed by atoms with van der Waals surface area (Å²) in [6, 6.07) is 3.93. The molecular weight excluding hydrogens is 214 g/mol. The van der Waals surface area contributed by atoms with Crippen molar-refractivity contribution in [3.63, 3.8) is 0 Å². The molecule has 2 amide bonds. The van der Waals surface area contributed by atoms with E-state index in [4.69, 9.17) is 5.73 Å². The van der Waals surface area contributed by atoms with Gasteiger partial charge in [0.2, 0.25) is 0 Å². The number of carbonyl (C=O) groups is 1. The molecule has 0 aliphatic rings. The molecule has 94 valence electrons. The quantitative estimate of drug-likeness (QED) is 0.675. The summed E-state index contributed by atoms with van der Waals surface area (Å²) in [5.41, 5.74) is 10.2. The lowest BCUT2D eigenvalue weighted by Crippen LogP contribution is -2.35. The van der Waals surface area contributed by atoms with Crippen LogP contribution in [0.1, 0.15) is 22.3 Å². The summed E-state index contributed by atoms with van der Waals surface area (Å²) in [5, 5.41) is 5.82. The SMILES string of the molecule is Cc1cc(C)c(CNCCNC(N)=O)cc1C. The van der Waals surface area contributed by atoms with Crippen LogP contribution in [-0.4, -0.2) is 19.1 Å². The Kier molecular flexibility index (Phi) is 4.97. The van der Waals surface area contributed by atoms with Gasteiger partial charge in [-0.25, -0.2) is 4.79 Å². The van der Waals surface area contributed by atoms with E-state index < -0.39 is 6.03 Å². The highest BCUT2D eigenvalue weighted by molar-refractivity contribution is 5.71. The molecule has 4 N–H and O–H groups in total. The Labute approximate surface area is 103 Å². The molecule has 0 radical (unpaired) electrons. The van der Waals surface area contributed by atoms with Gasteiger partial charge in [-0.05, 0) is 43.0 Å². The van der Waals surface area contributed by atoms with Gasteiger partial charge < -0.3 is 16.4 Å². The zero-order chi connectivity index (χ0) is 12.8. The lowest BCUT2D eigenvalue weighted by molar-refractivity contribution is 0.249. The fourth-order valence-electron chi connectivity index (χ4n) is 1.71. The Hall–Kier alpha value is -1.55. The molecule has 1 rings (SSSR count). The van der Waals surface area contributed by atoms with E-state index in [-0.39, 0.29) is 0 Å². The molecule has 1 aromatic carbocycles. The van der Waals surface area contributed by atoms with Gasteiger partial charge in [-0.3, -0.25) is 0 Å². The molecule has 0 fully saturated rings. The standard InChI is InChI=1S/C13H21N3O/c1-9-6-11(3)12(7-10(9)2)8-15-4-5-16-13(14)17/h6-7,15H,4-5,8H2,1-3H3,(H3,14,16,17). The van der Waals surface area contributed by atoms with Gasteiger partial charge in [-0.1, -0.05) is 12.1 Å². The maximum atomic E-state index is 10.5. The normalized spacial score (nSPS) is 10.3. The number of nitrogens with two attached hydrogens (primary N) is 1. The van der Waals surface area contributed by atoms with Crippen LogP contribution < -0.4 is 16.4 Å². The fraction of sp³-hybridized carbons (Fsp3) is 0.462. The number of hydrogen-bond acceptors (Lipinski definition) is 2. The van der Waals surface area contributed by atoms with Gasteiger partial charge in [0, 0.05) is 19.6 Å². The number of nitrogens with one attached hydrogen (secondary N) is 2. The van der Waals surface area contributed by atoms with Crippen LogP contribution in [-0.2, 0) is 6.54 Å². The van der Waals surface area contributed by atoms with Crippen molar-refractivity contribution in [3.8, 4) is 0 Å². The summed E-state index contributed by atoms with van der Waals surface area (Å²) in [6.45, 7) is 8.44. The van der Waals surface area contributed by atoms with Crippen molar-refractivity contribution in [2.24, 2.45) is 5.73 Å². The van der Waals surface area contributed by atoms with Crippen molar-refractivity contribution in [1.29, 1.82) is 0 Å². The van der Waals surface area contributed by atoms with Crippen molar-refractivity contribution in [3.05, 3.63) is 34.4 Å². The van der Waals surface area contributed by atoms with E-state index in [1.54, 1.807) is 0 Å². The molecule has 0 heterocycles. The summed E-state index contributed by atoms with van der Waals surface area (Å²) >= 11 is 0. The van der Waals surface area contributed by atoms with Crippen LogP contribution in [0, 0.1) is 20.8 Å². The zero-order valence-electron chi connectivity index (χ0n) is 10.8. The van der Waals surface area contributed by atoms with Crippen LogP contribution >= 0.6 is 0 Å². The molecule has 17 heavy (non-hydrogen) atoms. The Morgan fingerprint density at radius 3 is 2.41 bits per heavy atom. The first-order valence-electron chi connectivity index (χ1n) is 5.81. The predicted octanol–water partition coefficient (Wildman–Crippen LogP) is 1.37. The average Bonchev–Trinajstić information content (AvgIpc) is 2.24. The highest BCUT2D eigenvalue weighted by Gasteiger charge is 2.01. The average molecular weight is 235 g/mol. The second kappa shape index (κ2) is 6.25. The van der Waals surface area contributed by atoms with Gasteiger partial charge in [-0.2, -0.15) is 0 Å². The Morgan fingerprint density at radius 1 is 1.12 bits per heavy atom. The van der Waals surface area contributed by atoms with Crippen LogP contribution in [0.2, 0.25) is 0 Å². The molecule has 0 spiro atoms. The van der Waals surface area contributed by atoms with Crippen molar-refractivity contribution in [1.82, 2.24) is 10.6 Å². The molecule has 4 nitrogen and oxygen atoms in total. The largest absolute Gasteiger partial charge is 0.352 e. The minimum Gasteiger partial charge on any atom is -0.352 e.